The molecular formula is C23H29N3O5S. The lowest BCUT2D eigenvalue weighted by molar-refractivity contribution is -0.132. The molecule has 9 heteroatoms. The van der Waals surface area contributed by atoms with Crippen molar-refractivity contribution in [1.82, 2.24) is 9.21 Å². The van der Waals surface area contributed by atoms with Crippen LogP contribution >= 0.6 is 0 Å². The number of sulfonamides is 1. The Labute approximate surface area is 189 Å². The van der Waals surface area contributed by atoms with Gasteiger partial charge >= 0.3 is 0 Å². The van der Waals surface area contributed by atoms with E-state index >= 15 is 0 Å². The highest BCUT2D eigenvalue weighted by Gasteiger charge is 2.31. The van der Waals surface area contributed by atoms with Crippen LogP contribution in [0.15, 0.2) is 53.4 Å². The van der Waals surface area contributed by atoms with Crippen molar-refractivity contribution in [1.29, 1.82) is 0 Å². The summed E-state index contributed by atoms with van der Waals surface area (Å²) in [5, 5.41) is 2.60. The monoisotopic (exact) mass is 459 g/mol. The maximum Gasteiger partial charge on any atom is 0.243 e. The van der Waals surface area contributed by atoms with Gasteiger partial charge in [0.05, 0.1) is 18.6 Å². The molecule has 32 heavy (non-hydrogen) atoms. The number of hydrogen-bond acceptors (Lipinski definition) is 5. The summed E-state index contributed by atoms with van der Waals surface area (Å²) in [6, 6.07) is 13.7. The SMILES string of the molecule is COc1cccc(CC2CCCN2C(=O)CN(C)S(=O)(=O)c2ccc(NC(C)=O)cc2)c1. The van der Waals surface area contributed by atoms with Crippen LogP contribution in [0.25, 0.3) is 0 Å². The zero-order chi connectivity index (χ0) is 23.3. The maximum atomic E-state index is 13.0. The fourth-order valence-corrected chi connectivity index (χ4v) is 5.03. The van der Waals surface area contributed by atoms with Crippen LogP contribution in [0.2, 0.25) is 0 Å². The first-order valence-electron chi connectivity index (χ1n) is 10.5. The normalized spacial score (nSPS) is 16.2. The summed E-state index contributed by atoms with van der Waals surface area (Å²) in [5.74, 6) is 0.322. The fourth-order valence-electron chi connectivity index (χ4n) is 3.91. The molecule has 1 atom stereocenters. The number of ether oxygens (including phenoxy) is 1. The van der Waals surface area contributed by atoms with Crippen LogP contribution in [0.4, 0.5) is 5.69 Å². The zero-order valence-corrected chi connectivity index (χ0v) is 19.4. The highest BCUT2D eigenvalue weighted by molar-refractivity contribution is 7.89. The first kappa shape index (κ1) is 23.7. The van der Waals surface area contributed by atoms with E-state index in [2.05, 4.69) is 5.32 Å². The number of rotatable bonds is 8. The predicted octanol–water partition coefficient (Wildman–Crippen LogP) is 2.51. The van der Waals surface area contributed by atoms with Gasteiger partial charge in [0.2, 0.25) is 21.8 Å². The Balaban J connectivity index is 1.66. The van der Waals surface area contributed by atoms with Crippen molar-refractivity contribution >= 4 is 27.5 Å². The average molecular weight is 460 g/mol. The van der Waals surface area contributed by atoms with Gasteiger partial charge in [0.25, 0.3) is 0 Å². The molecular weight excluding hydrogens is 430 g/mol. The Morgan fingerprint density at radius 3 is 2.56 bits per heavy atom. The van der Waals surface area contributed by atoms with Crippen molar-refractivity contribution in [3.63, 3.8) is 0 Å². The lowest BCUT2D eigenvalue weighted by atomic mass is 10.0. The van der Waals surface area contributed by atoms with Crippen LogP contribution in [0.3, 0.4) is 0 Å². The summed E-state index contributed by atoms with van der Waals surface area (Å²) < 4.78 is 32.2. The lowest BCUT2D eigenvalue weighted by Gasteiger charge is -2.27. The number of hydrogen-bond donors (Lipinski definition) is 1. The van der Waals surface area contributed by atoms with Gasteiger partial charge in [0.1, 0.15) is 5.75 Å². The Kier molecular flexibility index (Phi) is 7.52. The maximum absolute atomic E-state index is 13.0. The molecule has 1 saturated heterocycles. The smallest absolute Gasteiger partial charge is 0.243 e. The first-order valence-corrected chi connectivity index (χ1v) is 11.9. The topological polar surface area (TPSA) is 96.0 Å². The minimum Gasteiger partial charge on any atom is -0.497 e. The fraction of sp³-hybridized carbons (Fsp3) is 0.391. The second-order valence-corrected chi connectivity index (χ2v) is 9.95. The Hall–Kier alpha value is -2.91. The van der Waals surface area contributed by atoms with Crippen LogP contribution < -0.4 is 10.1 Å². The molecule has 1 fully saturated rings. The summed E-state index contributed by atoms with van der Waals surface area (Å²) in [6.45, 7) is 1.76. The molecule has 0 bridgehead atoms. The minimum atomic E-state index is -3.84. The Morgan fingerprint density at radius 2 is 1.91 bits per heavy atom. The summed E-state index contributed by atoms with van der Waals surface area (Å²) in [6.07, 6.45) is 2.47. The largest absolute Gasteiger partial charge is 0.497 e. The third-order valence-electron chi connectivity index (χ3n) is 5.54. The quantitative estimate of drug-likeness (QED) is 0.654. The number of likely N-dealkylation sites (N-methyl/N-ethyl adjacent to an activating group) is 1. The number of anilines is 1. The van der Waals surface area contributed by atoms with Gasteiger partial charge in [-0.05, 0) is 61.2 Å². The van der Waals surface area contributed by atoms with E-state index in [-0.39, 0.29) is 29.3 Å². The second kappa shape index (κ2) is 10.1. The number of nitrogens with one attached hydrogen (secondary N) is 1. The number of likely N-dealkylation sites (tertiary alicyclic amines) is 1. The highest BCUT2D eigenvalue weighted by Crippen LogP contribution is 2.24. The molecule has 0 aromatic heterocycles. The second-order valence-electron chi connectivity index (χ2n) is 7.91. The van der Waals surface area contributed by atoms with Gasteiger partial charge in [0.15, 0.2) is 0 Å². The summed E-state index contributed by atoms with van der Waals surface area (Å²) in [7, 11) is -0.814. The molecule has 1 unspecified atom stereocenters. The summed E-state index contributed by atoms with van der Waals surface area (Å²) >= 11 is 0. The molecule has 3 rings (SSSR count). The molecule has 172 valence electrons. The third kappa shape index (κ3) is 5.66. The molecule has 1 N–H and O–H groups in total. The summed E-state index contributed by atoms with van der Waals surface area (Å²) in [5.41, 5.74) is 1.59. The molecule has 2 amide bonds. The number of amides is 2. The van der Waals surface area contributed by atoms with E-state index in [4.69, 9.17) is 4.74 Å². The molecule has 8 nitrogen and oxygen atoms in total. The van der Waals surface area contributed by atoms with Crippen molar-refractivity contribution in [2.45, 2.75) is 37.1 Å². The average Bonchev–Trinajstić information content (AvgIpc) is 3.22. The number of carbonyl (C=O) groups is 2. The van der Waals surface area contributed by atoms with E-state index in [9.17, 15) is 18.0 Å². The van der Waals surface area contributed by atoms with Crippen LogP contribution in [0.5, 0.6) is 5.75 Å². The van der Waals surface area contributed by atoms with Crippen molar-refractivity contribution in [3.8, 4) is 5.75 Å². The molecule has 0 radical (unpaired) electrons. The molecule has 2 aromatic rings. The van der Waals surface area contributed by atoms with Gasteiger partial charge in [-0.1, -0.05) is 12.1 Å². The Morgan fingerprint density at radius 1 is 1.19 bits per heavy atom. The van der Waals surface area contributed by atoms with Gasteiger partial charge in [-0.25, -0.2) is 8.42 Å². The predicted molar refractivity (Wildman–Crippen MR) is 122 cm³/mol. The van der Waals surface area contributed by atoms with E-state index in [1.807, 2.05) is 24.3 Å². The van der Waals surface area contributed by atoms with Crippen molar-refractivity contribution < 1.29 is 22.7 Å². The van der Waals surface area contributed by atoms with Gasteiger partial charge in [-0.3, -0.25) is 9.59 Å². The van der Waals surface area contributed by atoms with Crippen molar-refractivity contribution in [2.24, 2.45) is 0 Å². The number of carbonyl (C=O) groups excluding carboxylic acids is 2. The van der Waals surface area contributed by atoms with Gasteiger partial charge in [-0.15, -0.1) is 0 Å². The van der Waals surface area contributed by atoms with E-state index in [1.165, 1.54) is 38.2 Å². The van der Waals surface area contributed by atoms with Crippen LogP contribution in [0.1, 0.15) is 25.3 Å². The molecule has 0 spiro atoms. The molecule has 1 aliphatic rings. The highest BCUT2D eigenvalue weighted by atomic mass is 32.2. The van der Waals surface area contributed by atoms with Crippen LogP contribution in [-0.2, 0) is 26.0 Å². The molecule has 0 aliphatic carbocycles. The van der Waals surface area contributed by atoms with Gasteiger partial charge in [-0.2, -0.15) is 4.31 Å². The molecule has 2 aromatic carbocycles. The van der Waals surface area contributed by atoms with Crippen molar-refractivity contribution in [2.75, 3.05) is 32.6 Å². The van der Waals surface area contributed by atoms with Crippen LogP contribution in [0, 0.1) is 0 Å². The Bertz CT molecular complexity index is 1070. The van der Waals surface area contributed by atoms with E-state index < -0.39 is 10.0 Å². The van der Waals surface area contributed by atoms with Crippen LogP contribution in [-0.4, -0.2) is 62.7 Å². The minimum absolute atomic E-state index is 0.0302. The van der Waals surface area contributed by atoms with Crippen molar-refractivity contribution in [3.05, 3.63) is 54.1 Å². The molecule has 1 heterocycles. The molecule has 0 saturated carbocycles. The van der Waals surface area contributed by atoms with E-state index in [0.717, 1.165) is 28.5 Å². The standard InChI is InChI=1S/C23H29N3O5S/c1-17(27)24-19-9-11-22(12-10-19)32(29,30)25(2)16-23(28)26-13-5-7-20(26)14-18-6-4-8-21(15-18)31-3/h4,6,8-12,15,20H,5,7,13-14,16H2,1-3H3,(H,24,27). The number of methoxy groups -OCH3 is 1. The number of nitrogens with zero attached hydrogens (tertiary/aromatic N) is 2. The molecule has 1 aliphatic heterocycles. The first-order chi connectivity index (χ1) is 15.2. The lowest BCUT2D eigenvalue weighted by Crippen LogP contribution is -2.44. The van der Waals surface area contributed by atoms with E-state index in [0.29, 0.717) is 18.7 Å². The zero-order valence-electron chi connectivity index (χ0n) is 18.6. The summed E-state index contributed by atoms with van der Waals surface area (Å²) in [4.78, 5) is 26.0. The van der Waals surface area contributed by atoms with Gasteiger partial charge < -0.3 is 15.0 Å². The van der Waals surface area contributed by atoms with Gasteiger partial charge in [0, 0.05) is 32.2 Å². The third-order valence-corrected chi connectivity index (χ3v) is 7.36. The number of benzene rings is 2. The van der Waals surface area contributed by atoms with E-state index in [1.54, 1.807) is 12.0 Å².